The van der Waals surface area contributed by atoms with E-state index in [-0.39, 0.29) is 58.0 Å². The summed E-state index contributed by atoms with van der Waals surface area (Å²) in [5.74, 6) is 1.89. The molecule has 3 N–H and O–H groups in total. The average Bonchev–Trinajstić information content (AvgIpc) is 1.70. The maximum Gasteiger partial charge on any atom is 0.275 e. The van der Waals surface area contributed by atoms with Crippen LogP contribution in [0.2, 0.25) is 10.0 Å². The van der Waals surface area contributed by atoms with Crippen LogP contribution in [0.4, 0.5) is 0 Å². The molecule has 5 fully saturated rings. The van der Waals surface area contributed by atoms with Gasteiger partial charge in [-0.05, 0) is 254 Å². The molecule has 20 rings (SSSR count). The number of aliphatic hydroxyl groups is 1. The van der Waals surface area contributed by atoms with Gasteiger partial charge in [0.05, 0.1) is 50.2 Å². The number of rotatable bonds is 6. The van der Waals surface area contributed by atoms with Crippen molar-refractivity contribution in [3.05, 3.63) is 294 Å². The molecule has 5 atom stereocenters. The molecule has 10 heterocycles. The van der Waals surface area contributed by atoms with Crippen LogP contribution in [0.1, 0.15) is 137 Å². The Morgan fingerprint density at radius 2 is 0.800 bits per heavy atom. The van der Waals surface area contributed by atoms with Crippen LogP contribution in [0.3, 0.4) is 0 Å². The third-order valence-electron chi connectivity index (χ3n) is 22.2. The van der Waals surface area contributed by atoms with Crippen LogP contribution < -0.4 is 27.6 Å². The lowest BCUT2D eigenvalue weighted by atomic mass is 9.89. The van der Waals surface area contributed by atoms with Gasteiger partial charge in [0.15, 0.2) is 5.78 Å². The first-order valence-corrected chi connectivity index (χ1v) is 37.8. The highest BCUT2D eigenvalue weighted by Gasteiger charge is 2.35. The Balaban J connectivity index is 0.000000107. The standard InChI is InChI=1S/C27H28ClN3O.C16H16N2O2.C16H14N2O2.C11H14ClN.C11H8N2O.C5H6O/c28-21-9-7-19(8-10-21)20-13-16-29(17-14-20)22-11-12-23(18-22)31-25-5-2-1-4-24(25)30-15-3-6-26(30)27(31)32;2*19-12-8-7-11(10-12)18-14-5-2-1-4-13(14)17-9-3-6-15(17)16(18)20;12-11-3-1-9(2-4-11)10-5-7-13-8-6-10;14-11-10-6-3-7-13(10)9-5-2-1-4-8(9)12-11;6-5-3-1-2-4-5/h1-10,15,20,22-23H,11-14,16-18H2;1-6,9,11-12,19H,7-8,10H2;1-6,9,11H,7-8,10H2;1-4,10,13H,5-8H2;1-7H,(H,12,14);1,3H,2,4H2. The number of para-hydroxylation sites is 8. The maximum atomic E-state index is 13.4. The third kappa shape index (κ3) is 15.0. The lowest BCUT2D eigenvalue weighted by molar-refractivity contribution is -0.117. The quantitative estimate of drug-likeness (QED) is 0.146. The number of H-pyrrole nitrogens is 1. The van der Waals surface area contributed by atoms with Crippen LogP contribution in [-0.2, 0) is 9.59 Å². The molecule has 8 aromatic heterocycles. The van der Waals surface area contributed by atoms with Gasteiger partial charge in [0, 0.05) is 78.3 Å². The summed E-state index contributed by atoms with van der Waals surface area (Å²) in [6.45, 7) is 4.57. The molecule has 6 aliphatic rings. The number of hydrogen-bond donors (Lipinski definition) is 3. The van der Waals surface area contributed by atoms with Crippen molar-refractivity contribution >= 4 is 101 Å². The first-order chi connectivity index (χ1) is 51.3. The molecule has 0 amide bonds. The summed E-state index contributed by atoms with van der Waals surface area (Å²) in [5, 5.41) is 14.8. The monoisotopic (exact) mass is 1440 g/mol. The number of likely N-dealkylation sites (tertiary alicyclic amines) is 1. The fraction of sp³-hybridized carbons (Fsp3) is 0.302. The highest BCUT2D eigenvalue weighted by atomic mass is 35.5. The van der Waals surface area contributed by atoms with Crippen LogP contribution in [0.15, 0.2) is 250 Å². The molecule has 0 bridgehead atoms. The highest BCUT2D eigenvalue weighted by Crippen LogP contribution is 2.39. The van der Waals surface area contributed by atoms with E-state index >= 15 is 0 Å². The Kier molecular flexibility index (Phi) is 21.3. The van der Waals surface area contributed by atoms with Gasteiger partial charge in [-0.1, -0.05) is 102 Å². The van der Waals surface area contributed by atoms with Crippen molar-refractivity contribution in [3.8, 4) is 0 Å². The van der Waals surface area contributed by atoms with E-state index in [0.29, 0.717) is 47.8 Å². The fourth-order valence-electron chi connectivity index (χ4n) is 16.9. The Hall–Kier alpha value is -10.1. The second-order valence-corrected chi connectivity index (χ2v) is 29.4. The minimum Gasteiger partial charge on any atom is -0.393 e. The van der Waals surface area contributed by atoms with Gasteiger partial charge in [-0.2, -0.15) is 0 Å². The van der Waals surface area contributed by atoms with Crippen LogP contribution in [-0.4, -0.2) is 96.2 Å². The maximum absolute atomic E-state index is 13.4. The van der Waals surface area contributed by atoms with Crippen LogP contribution >= 0.6 is 23.2 Å². The minimum atomic E-state index is -0.284. The molecule has 0 spiro atoms. The number of Topliss-reactive ketones (excluding diaryl/α,β-unsaturated/α-hetero) is 1. The molecular formula is C86H86Cl2N10O7. The van der Waals surface area contributed by atoms with E-state index in [9.17, 15) is 33.9 Å². The molecule has 14 aromatic rings. The Morgan fingerprint density at radius 1 is 0.381 bits per heavy atom. The molecule has 3 saturated carbocycles. The zero-order valence-corrected chi connectivity index (χ0v) is 60.2. The van der Waals surface area contributed by atoms with E-state index in [1.807, 2.05) is 209 Å². The fourth-order valence-corrected chi connectivity index (χ4v) is 17.1. The van der Waals surface area contributed by atoms with Gasteiger partial charge < -0.3 is 51.6 Å². The molecule has 2 saturated heterocycles. The number of ketones is 2. The summed E-state index contributed by atoms with van der Waals surface area (Å²) in [6, 6.07) is 64.6. The summed E-state index contributed by atoms with van der Waals surface area (Å²) in [5.41, 5.74) is 13.7. The van der Waals surface area contributed by atoms with E-state index in [1.54, 1.807) is 6.08 Å². The number of carbonyl (C=O) groups is 2. The summed E-state index contributed by atoms with van der Waals surface area (Å²) in [6.07, 6.45) is 25.0. The zero-order chi connectivity index (χ0) is 72.1. The SMILES string of the molecule is Clc1ccc(C2CCNCC2)cc1.O=C1C=CCC1.O=C1CCC(n2c(=O)c3cccn3c3ccccc32)C1.O=c1[nH]c2ccccc2n2cccc12.O=c1c2cccn2c2ccccc2n1C1CCC(N2CCC(c3ccc(Cl)cc3)CC2)C1.O=c1c2cccn2c2ccccc2n1C1CCC(O)C1. The molecule has 2 aliphatic heterocycles. The van der Waals surface area contributed by atoms with Crippen LogP contribution in [0, 0.1) is 0 Å². The molecule has 4 aliphatic carbocycles. The zero-order valence-electron chi connectivity index (χ0n) is 58.6. The Labute approximate surface area is 616 Å². The van der Waals surface area contributed by atoms with Crippen molar-refractivity contribution in [1.82, 2.24) is 46.5 Å². The van der Waals surface area contributed by atoms with Crippen molar-refractivity contribution < 1.29 is 14.7 Å². The number of nitrogens with one attached hydrogen (secondary N) is 2. The van der Waals surface area contributed by atoms with Crippen LogP contribution in [0.25, 0.3) is 66.2 Å². The Bertz CT molecular complexity index is 5750. The van der Waals surface area contributed by atoms with E-state index in [0.717, 1.165) is 137 Å². The van der Waals surface area contributed by atoms with Gasteiger partial charge in [0.1, 0.15) is 27.9 Å². The molecule has 105 heavy (non-hydrogen) atoms. The number of carbonyl (C=O) groups excluding carboxylic acids is 2. The summed E-state index contributed by atoms with van der Waals surface area (Å²) in [7, 11) is 0. The largest absolute Gasteiger partial charge is 0.393 e. The van der Waals surface area contributed by atoms with Gasteiger partial charge in [-0.15, -0.1) is 0 Å². The van der Waals surface area contributed by atoms with Gasteiger partial charge in [0.25, 0.3) is 22.2 Å². The summed E-state index contributed by atoms with van der Waals surface area (Å²) < 4.78 is 13.6. The van der Waals surface area contributed by atoms with Crippen molar-refractivity contribution in [2.75, 3.05) is 26.2 Å². The highest BCUT2D eigenvalue weighted by molar-refractivity contribution is 6.30. The van der Waals surface area contributed by atoms with Gasteiger partial charge in [-0.25, -0.2) is 0 Å². The van der Waals surface area contributed by atoms with Crippen LogP contribution in [0.5, 0.6) is 0 Å². The first kappa shape index (κ1) is 70.5. The van der Waals surface area contributed by atoms with Crippen molar-refractivity contribution in [1.29, 1.82) is 0 Å². The number of hydrogen-bond acceptors (Lipinski definition) is 9. The third-order valence-corrected chi connectivity index (χ3v) is 22.7. The number of fused-ring (bicyclic) bond motifs is 12. The van der Waals surface area contributed by atoms with Crippen molar-refractivity contribution in [3.63, 3.8) is 0 Å². The second kappa shape index (κ2) is 31.7. The van der Waals surface area contributed by atoms with E-state index in [2.05, 4.69) is 62.2 Å². The number of aromatic nitrogens is 8. The summed E-state index contributed by atoms with van der Waals surface area (Å²) >= 11 is 11.9. The predicted octanol–water partition coefficient (Wildman–Crippen LogP) is 16.3. The minimum absolute atomic E-state index is 0.000185. The number of benzene rings is 6. The predicted molar refractivity (Wildman–Crippen MR) is 421 cm³/mol. The molecule has 5 unspecified atom stereocenters. The average molecular weight is 1440 g/mol. The lowest BCUT2D eigenvalue weighted by Crippen LogP contribution is -2.40. The van der Waals surface area contributed by atoms with Gasteiger partial charge >= 0.3 is 0 Å². The molecule has 17 nitrogen and oxygen atoms in total. The molecule has 19 heteroatoms. The van der Waals surface area contributed by atoms with Gasteiger partial charge in [0.2, 0.25) is 0 Å². The van der Waals surface area contributed by atoms with Crippen molar-refractivity contribution in [2.24, 2.45) is 0 Å². The van der Waals surface area contributed by atoms with E-state index in [1.165, 1.54) is 43.2 Å². The summed E-state index contributed by atoms with van der Waals surface area (Å²) in [4.78, 5) is 77.7. The van der Waals surface area contributed by atoms with Gasteiger partial charge in [-0.3, -0.25) is 28.8 Å². The second-order valence-electron chi connectivity index (χ2n) is 28.5. The molecule has 6 aromatic carbocycles. The Morgan fingerprint density at radius 3 is 1.25 bits per heavy atom. The topological polar surface area (TPSA) is 186 Å². The number of aromatic amines is 1. The first-order valence-electron chi connectivity index (χ1n) is 37.1. The number of halogens is 2. The molecule has 0 radical (unpaired) electrons. The normalized spacial score (nSPS) is 19.9. The molecular weight excluding hydrogens is 1360 g/mol. The number of allylic oxidation sites excluding steroid dienone is 2. The van der Waals surface area contributed by atoms with E-state index in [4.69, 9.17) is 23.2 Å². The number of piperidine rings is 2. The number of aliphatic hydroxyl groups excluding tert-OH is 1. The van der Waals surface area contributed by atoms with Crippen molar-refractivity contribution in [2.45, 2.75) is 138 Å². The smallest absolute Gasteiger partial charge is 0.275 e. The number of nitrogens with zero attached hydrogens (tertiary/aromatic N) is 8. The molecule has 536 valence electrons. The van der Waals surface area contributed by atoms with E-state index < -0.39 is 0 Å². The lowest BCUT2D eigenvalue weighted by Gasteiger charge is -2.36.